The number of anilines is 1. The fourth-order valence-electron chi connectivity index (χ4n) is 2.08. The van der Waals surface area contributed by atoms with Crippen LogP contribution in [-0.4, -0.2) is 53.3 Å². The summed E-state index contributed by atoms with van der Waals surface area (Å²) in [4.78, 5) is 31.9. The summed E-state index contributed by atoms with van der Waals surface area (Å²) in [7, 11) is 1.64. The lowest BCUT2D eigenvalue weighted by Gasteiger charge is -2.27. The molecule has 1 saturated heterocycles. The van der Waals surface area contributed by atoms with Crippen LogP contribution in [0.5, 0.6) is 0 Å². The normalized spacial score (nSPS) is 22.2. The van der Waals surface area contributed by atoms with Crippen LogP contribution in [0.2, 0.25) is 0 Å². The molecule has 1 amide bonds. The maximum atomic E-state index is 11.3. The topological polar surface area (TPSA) is 119 Å². The zero-order valence-corrected chi connectivity index (χ0v) is 10.3. The van der Waals surface area contributed by atoms with Crippen LogP contribution in [0.25, 0.3) is 0 Å². The van der Waals surface area contributed by atoms with Gasteiger partial charge in [0.05, 0.1) is 19.3 Å². The molecule has 2 unspecified atom stereocenters. The van der Waals surface area contributed by atoms with E-state index in [1.54, 1.807) is 11.9 Å². The lowest BCUT2D eigenvalue weighted by Crippen LogP contribution is -2.42. The number of nitrogens with two attached hydrogens (primary N) is 1. The number of amides is 1. The number of carboxylic acid groups (broad SMARTS) is 1. The molecule has 1 aromatic rings. The summed E-state index contributed by atoms with van der Waals surface area (Å²) in [5, 5.41) is 9.12. The molecule has 0 bridgehead atoms. The maximum Gasteiger partial charge on any atom is 0.311 e. The maximum absolute atomic E-state index is 11.3. The monoisotopic (exact) mass is 266 g/mol. The first-order valence-corrected chi connectivity index (χ1v) is 5.66. The summed E-state index contributed by atoms with van der Waals surface area (Å²) in [5.74, 6) is -2.07. The summed E-state index contributed by atoms with van der Waals surface area (Å²) in [6, 6.07) is -0.410. The Bertz CT molecular complexity index is 507. The quantitative estimate of drug-likeness (QED) is 0.725. The van der Waals surface area contributed by atoms with Gasteiger partial charge in [-0.05, 0) is 0 Å². The average Bonchev–Trinajstić information content (AvgIpc) is 2.87. The van der Waals surface area contributed by atoms with E-state index in [0.717, 1.165) is 0 Å². The Labute approximate surface area is 109 Å². The Morgan fingerprint density at radius 2 is 2.11 bits per heavy atom. The zero-order valence-electron chi connectivity index (χ0n) is 10.3. The van der Waals surface area contributed by atoms with Crippen molar-refractivity contribution in [1.29, 1.82) is 0 Å². The van der Waals surface area contributed by atoms with Crippen LogP contribution in [0.3, 0.4) is 0 Å². The summed E-state index contributed by atoms with van der Waals surface area (Å²) in [5.41, 5.74) is 5.24. The van der Waals surface area contributed by atoms with E-state index in [4.69, 9.17) is 15.6 Å². The summed E-state index contributed by atoms with van der Waals surface area (Å²) >= 11 is 0. The number of carbonyl (C=O) groups excluding carboxylic acids is 1. The van der Waals surface area contributed by atoms with Gasteiger partial charge >= 0.3 is 5.97 Å². The molecule has 1 aliphatic rings. The number of hydrogen-bond acceptors (Lipinski definition) is 6. The number of aliphatic carboxylic acids is 1. The van der Waals surface area contributed by atoms with Crippen molar-refractivity contribution >= 4 is 17.7 Å². The first-order valence-electron chi connectivity index (χ1n) is 5.66. The van der Waals surface area contributed by atoms with Crippen molar-refractivity contribution in [3.8, 4) is 0 Å². The molecule has 0 aromatic carbocycles. The summed E-state index contributed by atoms with van der Waals surface area (Å²) < 4.78 is 5.19. The van der Waals surface area contributed by atoms with Gasteiger partial charge in [-0.1, -0.05) is 0 Å². The molecule has 3 N–H and O–H groups in total. The minimum atomic E-state index is -0.945. The molecule has 1 aromatic heterocycles. The minimum Gasteiger partial charge on any atom is -0.481 e. The van der Waals surface area contributed by atoms with E-state index in [1.807, 2.05) is 0 Å². The summed E-state index contributed by atoms with van der Waals surface area (Å²) in [6.07, 6.45) is 2.78. The molecule has 1 fully saturated rings. The van der Waals surface area contributed by atoms with E-state index in [9.17, 15) is 9.59 Å². The van der Waals surface area contributed by atoms with Gasteiger partial charge in [-0.2, -0.15) is 0 Å². The molecule has 2 rings (SSSR count). The molecule has 2 heterocycles. The number of aromatic nitrogens is 2. The number of primary amides is 1. The fourth-order valence-corrected chi connectivity index (χ4v) is 2.08. The third-order valence-corrected chi connectivity index (χ3v) is 3.11. The van der Waals surface area contributed by atoms with Crippen LogP contribution in [-0.2, 0) is 9.53 Å². The second-order valence-electron chi connectivity index (χ2n) is 4.25. The first-order chi connectivity index (χ1) is 9.02. The first kappa shape index (κ1) is 13.2. The molecule has 0 saturated carbocycles. The fraction of sp³-hybridized carbons (Fsp3) is 0.455. The van der Waals surface area contributed by atoms with Crippen molar-refractivity contribution in [2.24, 2.45) is 11.7 Å². The van der Waals surface area contributed by atoms with Crippen LogP contribution in [0.4, 0.5) is 5.82 Å². The van der Waals surface area contributed by atoms with E-state index in [-0.39, 0.29) is 24.7 Å². The second kappa shape index (κ2) is 5.19. The molecule has 8 nitrogen and oxygen atoms in total. The van der Waals surface area contributed by atoms with Gasteiger partial charge in [-0.3, -0.25) is 9.59 Å². The summed E-state index contributed by atoms with van der Waals surface area (Å²) in [6.45, 7) is 0.388. The Morgan fingerprint density at radius 1 is 1.42 bits per heavy atom. The van der Waals surface area contributed by atoms with Crippen LogP contribution < -0.4 is 10.6 Å². The van der Waals surface area contributed by atoms with Crippen LogP contribution in [0.1, 0.15) is 10.5 Å². The van der Waals surface area contributed by atoms with Gasteiger partial charge in [0.25, 0.3) is 5.91 Å². The third-order valence-electron chi connectivity index (χ3n) is 3.11. The SMILES string of the molecule is CN(c1nccnc1C(N)=O)C1COCC1C(=O)O. The number of rotatable bonds is 4. The number of carboxylic acids is 1. The van der Waals surface area contributed by atoms with E-state index in [0.29, 0.717) is 0 Å². The van der Waals surface area contributed by atoms with Crippen LogP contribution in [0, 0.1) is 5.92 Å². The van der Waals surface area contributed by atoms with E-state index in [2.05, 4.69) is 9.97 Å². The minimum absolute atomic E-state index is 0.0149. The van der Waals surface area contributed by atoms with Gasteiger partial charge in [0.2, 0.25) is 0 Å². The molecule has 1 aliphatic heterocycles. The van der Waals surface area contributed by atoms with Crippen molar-refractivity contribution in [3.63, 3.8) is 0 Å². The molecule has 19 heavy (non-hydrogen) atoms. The van der Waals surface area contributed by atoms with E-state index >= 15 is 0 Å². The van der Waals surface area contributed by atoms with Gasteiger partial charge in [0, 0.05) is 19.4 Å². The van der Waals surface area contributed by atoms with Gasteiger partial charge in [-0.25, -0.2) is 9.97 Å². The molecular weight excluding hydrogens is 252 g/mol. The Balaban J connectivity index is 2.31. The lowest BCUT2D eigenvalue weighted by atomic mass is 10.0. The largest absolute Gasteiger partial charge is 0.481 e. The second-order valence-corrected chi connectivity index (χ2v) is 4.25. The number of hydrogen-bond donors (Lipinski definition) is 2. The molecule has 0 spiro atoms. The number of likely N-dealkylation sites (N-methyl/N-ethyl adjacent to an activating group) is 1. The predicted molar refractivity (Wildman–Crippen MR) is 64.7 cm³/mol. The molecule has 2 atom stereocenters. The third kappa shape index (κ3) is 2.48. The Kier molecular flexibility index (Phi) is 3.61. The number of nitrogens with zero attached hydrogens (tertiary/aromatic N) is 3. The van der Waals surface area contributed by atoms with Crippen LogP contribution >= 0.6 is 0 Å². The van der Waals surface area contributed by atoms with Crippen LogP contribution in [0.15, 0.2) is 12.4 Å². The number of carbonyl (C=O) groups is 2. The van der Waals surface area contributed by atoms with Gasteiger partial charge in [-0.15, -0.1) is 0 Å². The van der Waals surface area contributed by atoms with Gasteiger partial charge in [0.15, 0.2) is 11.5 Å². The zero-order chi connectivity index (χ0) is 14.0. The van der Waals surface area contributed by atoms with E-state index in [1.165, 1.54) is 12.4 Å². The highest BCUT2D eigenvalue weighted by Crippen LogP contribution is 2.24. The molecule has 8 heteroatoms. The van der Waals surface area contributed by atoms with Crippen molar-refractivity contribution < 1.29 is 19.4 Å². The standard InChI is InChI=1S/C11H14N4O4/c1-15(7-5-19-4-6(7)11(17)18)10-8(9(12)16)13-2-3-14-10/h2-3,6-7H,4-5H2,1H3,(H2,12,16)(H,17,18). The molecule has 0 radical (unpaired) electrons. The van der Waals surface area contributed by atoms with E-state index < -0.39 is 23.8 Å². The highest BCUT2D eigenvalue weighted by molar-refractivity contribution is 5.95. The molecule has 0 aliphatic carbocycles. The lowest BCUT2D eigenvalue weighted by molar-refractivity contribution is -0.141. The van der Waals surface area contributed by atoms with Crippen molar-refractivity contribution in [1.82, 2.24) is 9.97 Å². The highest BCUT2D eigenvalue weighted by Gasteiger charge is 2.38. The van der Waals surface area contributed by atoms with Gasteiger partial charge < -0.3 is 20.5 Å². The van der Waals surface area contributed by atoms with Crippen molar-refractivity contribution in [2.75, 3.05) is 25.2 Å². The highest BCUT2D eigenvalue weighted by atomic mass is 16.5. The smallest absolute Gasteiger partial charge is 0.311 e. The molecular formula is C11H14N4O4. The van der Waals surface area contributed by atoms with Crippen molar-refractivity contribution in [3.05, 3.63) is 18.1 Å². The molecule has 102 valence electrons. The number of ether oxygens (including phenoxy) is 1. The van der Waals surface area contributed by atoms with Crippen molar-refractivity contribution in [2.45, 2.75) is 6.04 Å². The Morgan fingerprint density at radius 3 is 2.74 bits per heavy atom. The predicted octanol–water partition coefficient (Wildman–Crippen LogP) is -0.889. The average molecular weight is 266 g/mol. The Hall–Kier alpha value is -2.22. The van der Waals surface area contributed by atoms with Gasteiger partial charge in [0.1, 0.15) is 5.92 Å².